The van der Waals surface area contributed by atoms with Crippen LogP contribution in [0.4, 0.5) is 0 Å². The summed E-state index contributed by atoms with van der Waals surface area (Å²) in [6.07, 6.45) is 1.08. The fourth-order valence-electron chi connectivity index (χ4n) is 0.548. The van der Waals surface area contributed by atoms with Gasteiger partial charge in [-0.2, -0.15) is 0 Å². The van der Waals surface area contributed by atoms with Crippen molar-refractivity contribution in [2.45, 2.75) is 20.3 Å². The quantitative estimate of drug-likeness (QED) is 0.700. The Balaban J connectivity index is 0.000000310. The number of allylic oxidation sites excluding steroid dienone is 1. The molecule has 1 aromatic heterocycles. The van der Waals surface area contributed by atoms with Gasteiger partial charge in [0, 0.05) is 0 Å². The normalized spacial score (nSPS) is 8.46. The zero-order chi connectivity index (χ0) is 10.1. The molecule has 0 unspecified atom stereocenters. The Bertz CT molecular complexity index is 213. The predicted octanol–water partition coefficient (Wildman–Crippen LogP) is 2.42. The molecule has 2 nitrogen and oxygen atoms in total. The number of thiophene rings is 1. The summed E-state index contributed by atoms with van der Waals surface area (Å²) < 4.78 is 5.31. The lowest BCUT2D eigenvalue weighted by molar-refractivity contribution is -0.300. The molecule has 1 aromatic rings. The third kappa shape index (κ3) is 8.95. The molecule has 3 heteroatoms. The monoisotopic (exact) mass is 199 g/mol. The van der Waals surface area contributed by atoms with Gasteiger partial charge in [-0.15, -0.1) is 23.7 Å². The van der Waals surface area contributed by atoms with Gasteiger partial charge in [-0.1, -0.05) is 13.8 Å². The summed E-state index contributed by atoms with van der Waals surface area (Å²) in [5.41, 5.74) is 0. The summed E-state index contributed by atoms with van der Waals surface area (Å²) in [6.45, 7) is 7.36. The molecule has 0 aliphatic carbocycles. The van der Waals surface area contributed by atoms with Crippen LogP contribution >= 0.6 is 11.3 Å². The summed E-state index contributed by atoms with van der Waals surface area (Å²) in [4.78, 5) is 0. The van der Waals surface area contributed by atoms with Crippen molar-refractivity contribution in [1.82, 2.24) is 0 Å². The molecule has 13 heavy (non-hydrogen) atoms. The van der Waals surface area contributed by atoms with Gasteiger partial charge in [-0.25, -0.2) is 0 Å². The van der Waals surface area contributed by atoms with Crippen molar-refractivity contribution >= 4 is 11.3 Å². The highest BCUT2D eigenvalue weighted by Crippen LogP contribution is 2.17. The van der Waals surface area contributed by atoms with Crippen LogP contribution in [0.15, 0.2) is 29.9 Å². The van der Waals surface area contributed by atoms with E-state index in [2.05, 4.69) is 13.5 Å². The van der Waals surface area contributed by atoms with Gasteiger partial charge >= 0.3 is 0 Å². The van der Waals surface area contributed by atoms with Gasteiger partial charge in [-0.3, -0.25) is 0 Å². The molecule has 0 aliphatic heterocycles. The van der Waals surface area contributed by atoms with E-state index in [1.165, 1.54) is 6.92 Å². The minimum Gasteiger partial charge on any atom is -0.876 e. The largest absolute Gasteiger partial charge is 0.876 e. The van der Waals surface area contributed by atoms with Crippen molar-refractivity contribution in [3.8, 4) is 5.06 Å². The SMILES string of the molecule is C=C(C)[O-].CCCOc1cccs1. The van der Waals surface area contributed by atoms with Crippen LogP contribution in [-0.4, -0.2) is 6.61 Å². The van der Waals surface area contributed by atoms with E-state index in [0.29, 0.717) is 0 Å². The van der Waals surface area contributed by atoms with Gasteiger partial charge in [0.05, 0.1) is 6.61 Å². The Hall–Kier alpha value is -0.960. The zero-order valence-corrected chi connectivity index (χ0v) is 8.89. The first-order valence-corrected chi connectivity index (χ1v) is 5.03. The second-order valence-electron chi connectivity index (χ2n) is 2.48. The zero-order valence-electron chi connectivity index (χ0n) is 8.08. The molecule has 0 spiro atoms. The highest BCUT2D eigenvalue weighted by Gasteiger charge is 1.88. The Morgan fingerprint density at radius 1 is 1.69 bits per heavy atom. The highest BCUT2D eigenvalue weighted by molar-refractivity contribution is 7.11. The molecule has 0 atom stereocenters. The molecule has 0 bridgehead atoms. The summed E-state index contributed by atoms with van der Waals surface area (Å²) >= 11 is 1.64. The van der Waals surface area contributed by atoms with Crippen molar-refractivity contribution < 1.29 is 9.84 Å². The molecular formula is C10H15O2S-. The van der Waals surface area contributed by atoms with Crippen molar-refractivity contribution in [2.24, 2.45) is 0 Å². The Morgan fingerprint density at radius 3 is 2.69 bits per heavy atom. The maximum absolute atomic E-state index is 9.33. The first-order valence-electron chi connectivity index (χ1n) is 4.15. The Labute approximate surface area is 83.5 Å². The second-order valence-corrected chi connectivity index (χ2v) is 3.39. The lowest BCUT2D eigenvalue weighted by Crippen LogP contribution is -1.92. The molecule has 0 N–H and O–H groups in total. The average molecular weight is 199 g/mol. The molecule has 0 amide bonds. The maximum atomic E-state index is 9.33. The van der Waals surface area contributed by atoms with Crippen LogP contribution in [0, 0.1) is 0 Å². The van der Waals surface area contributed by atoms with Crippen LogP contribution in [0.2, 0.25) is 0 Å². The average Bonchev–Trinajstić information content (AvgIpc) is 2.51. The highest BCUT2D eigenvalue weighted by atomic mass is 32.1. The van der Waals surface area contributed by atoms with Crippen LogP contribution in [0.25, 0.3) is 0 Å². The first-order chi connectivity index (χ1) is 6.16. The van der Waals surface area contributed by atoms with Gasteiger partial charge < -0.3 is 9.84 Å². The molecule has 1 rings (SSSR count). The van der Waals surface area contributed by atoms with E-state index in [0.717, 1.165) is 18.1 Å². The molecule has 0 saturated carbocycles. The molecule has 0 radical (unpaired) electrons. The fourth-order valence-corrected chi connectivity index (χ4v) is 1.15. The Morgan fingerprint density at radius 2 is 2.31 bits per heavy atom. The minimum absolute atomic E-state index is 0.0833. The molecule has 0 saturated heterocycles. The Kier molecular flexibility index (Phi) is 7.11. The maximum Gasteiger partial charge on any atom is 0.173 e. The van der Waals surface area contributed by atoms with Crippen LogP contribution < -0.4 is 9.84 Å². The standard InChI is InChI=1S/C7H10OS.C3H6O/c1-2-5-8-7-4-3-6-9-7;1-3(2)4/h3-4,6H,2,5H2,1H3;4H,1H2,2H3/p-1. The molecule has 74 valence electrons. The topological polar surface area (TPSA) is 32.3 Å². The van der Waals surface area contributed by atoms with Gasteiger partial charge in [0.25, 0.3) is 0 Å². The van der Waals surface area contributed by atoms with Gasteiger partial charge in [0.15, 0.2) is 5.06 Å². The number of hydrogen-bond donors (Lipinski definition) is 0. The first kappa shape index (κ1) is 12.0. The smallest absolute Gasteiger partial charge is 0.173 e. The number of rotatable bonds is 3. The van der Waals surface area contributed by atoms with Crippen LogP contribution in [0.1, 0.15) is 20.3 Å². The summed E-state index contributed by atoms with van der Waals surface area (Å²) in [5.74, 6) is -0.0833. The second kappa shape index (κ2) is 7.68. The summed E-state index contributed by atoms with van der Waals surface area (Å²) in [6, 6.07) is 3.98. The molecule has 1 heterocycles. The van der Waals surface area contributed by atoms with E-state index in [1.807, 2.05) is 17.5 Å². The van der Waals surface area contributed by atoms with E-state index in [4.69, 9.17) is 4.74 Å². The molecular weight excluding hydrogens is 184 g/mol. The lowest BCUT2D eigenvalue weighted by Gasteiger charge is -1.97. The molecule has 0 aliphatic rings. The van der Waals surface area contributed by atoms with Crippen molar-refractivity contribution in [1.29, 1.82) is 0 Å². The van der Waals surface area contributed by atoms with Gasteiger partial charge in [-0.05, 0) is 23.9 Å². The van der Waals surface area contributed by atoms with Crippen molar-refractivity contribution in [3.05, 3.63) is 29.9 Å². The lowest BCUT2D eigenvalue weighted by atomic mass is 10.5. The third-order valence-corrected chi connectivity index (χ3v) is 1.72. The van der Waals surface area contributed by atoms with Crippen molar-refractivity contribution in [3.63, 3.8) is 0 Å². The van der Waals surface area contributed by atoms with E-state index in [9.17, 15) is 5.11 Å². The van der Waals surface area contributed by atoms with Crippen molar-refractivity contribution in [2.75, 3.05) is 6.61 Å². The van der Waals surface area contributed by atoms with Crippen LogP contribution in [-0.2, 0) is 0 Å². The summed E-state index contributed by atoms with van der Waals surface area (Å²) in [5, 5.41) is 12.4. The minimum atomic E-state index is -0.0833. The predicted molar refractivity (Wildman–Crippen MR) is 54.9 cm³/mol. The molecule has 0 aromatic carbocycles. The summed E-state index contributed by atoms with van der Waals surface area (Å²) in [7, 11) is 0. The van der Waals surface area contributed by atoms with Gasteiger partial charge in [0.1, 0.15) is 0 Å². The van der Waals surface area contributed by atoms with E-state index >= 15 is 0 Å². The fraction of sp³-hybridized carbons (Fsp3) is 0.400. The number of hydrogen-bond acceptors (Lipinski definition) is 3. The van der Waals surface area contributed by atoms with E-state index < -0.39 is 0 Å². The van der Waals surface area contributed by atoms with E-state index in [1.54, 1.807) is 11.3 Å². The number of ether oxygens (including phenoxy) is 1. The van der Waals surface area contributed by atoms with Crippen LogP contribution in [0.3, 0.4) is 0 Å². The molecule has 0 fully saturated rings. The van der Waals surface area contributed by atoms with Gasteiger partial charge in [0.2, 0.25) is 0 Å². The van der Waals surface area contributed by atoms with E-state index in [-0.39, 0.29) is 5.76 Å². The third-order valence-electron chi connectivity index (χ3n) is 0.944. The van der Waals surface area contributed by atoms with Crippen LogP contribution in [0.5, 0.6) is 5.06 Å².